The van der Waals surface area contributed by atoms with Crippen LogP contribution in [0.3, 0.4) is 0 Å². The largest absolute Gasteiger partial charge is 0.306 e. The Kier molecular flexibility index (Phi) is 3.53. The number of hydrogen-bond acceptors (Lipinski definition) is 4. The summed E-state index contributed by atoms with van der Waals surface area (Å²) in [5.41, 5.74) is 4.55. The van der Waals surface area contributed by atoms with Crippen molar-refractivity contribution in [3.05, 3.63) is 41.3 Å². The second kappa shape index (κ2) is 5.10. The molecule has 0 saturated heterocycles. The van der Waals surface area contributed by atoms with Crippen LogP contribution in [0.5, 0.6) is 0 Å². The molecule has 0 atom stereocenters. The maximum Gasteiger partial charge on any atom is 0.187 e. The van der Waals surface area contributed by atoms with E-state index in [9.17, 15) is 4.39 Å². The highest BCUT2D eigenvalue weighted by atomic mass is 19.1. The number of nitrogens with one attached hydrogen (secondary N) is 1. The Morgan fingerprint density at radius 1 is 1.28 bits per heavy atom. The standard InChI is InChI=1S/C13H15FN4/c1-3-9-6-4-5-7-10(9)12-16-8(2)11(14)13(17-12)18-15/h4-7H,3,15H2,1-2H3,(H,16,17,18). The number of hydrogen-bond donors (Lipinski definition) is 2. The van der Waals surface area contributed by atoms with Gasteiger partial charge in [-0.25, -0.2) is 20.2 Å². The van der Waals surface area contributed by atoms with Gasteiger partial charge in [0.05, 0.1) is 5.69 Å². The monoisotopic (exact) mass is 246 g/mol. The van der Waals surface area contributed by atoms with Crippen molar-refractivity contribution in [1.29, 1.82) is 0 Å². The topological polar surface area (TPSA) is 63.8 Å². The van der Waals surface area contributed by atoms with Crippen molar-refractivity contribution < 1.29 is 4.39 Å². The van der Waals surface area contributed by atoms with Crippen LogP contribution in [0.15, 0.2) is 24.3 Å². The van der Waals surface area contributed by atoms with E-state index in [1.165, 1.54) is 0 Å². The van der Waals surface area contributed by atoms with Gasteiger partial charge in [0, 0.05) is 5.56 Å². The zero-order chi connectivity index (χ0) is 13.1. The minimum absolute atomic E-state index is 0.0170. The Morgan fingerprint density at radius 2 is 2.00 bits per heavy atom. The van der Waals surface area contributed by atoms with Gasteiger partial charge < -0.3 is 5.43 Å². The molecule has 0 radical (unpaired) electrons. The number of rotatable bonds is 3. The van der Waals surface area contributed by atoms with Gasteiger partial charge in [-0.15, -0.1) is 0 Å². The Hall–Kier alpha value is -2.01. The fraction of sp³-hybridized carbons (Fsp3) is 0.231. The molecule has 0 aliphatic heterocycles. The molecule has 5 heteroatoms. The van der Waals surface area contributed by atoms with Gasteiger partial charge in [-0.05, 0) is 18.9 Å². The first-order chi connectivity index (χ1) is 8.67. The number of hydrazine groups is 1. The summed E-state index contributed by atoms with van der Waals surface area (Å²) < 4.78 is 13.6. The molecule has 0 spiro atoms. The molecule has 3 N–H and O–H groups in total. The van der Waals surface area contributed by atoms with E-state index in [0.29, 0.717) is 5.82 Å². The molecule has 1 heterocycles. The third-order valence-electron chi connectivity index (χ3n) is 2.79. The Balaban J connectivity index is 2.61. The summed E-state index contributed by atoms with van der Waals surface area (Å²) in [5, 5.41) is 0. The first-order valence-corrected chi connectivity index (χ1v) is 5.76. The van der Waals surface area contributed by atoms with E-state index >= 15 is 0 Å². The number of anilines is 1. The summed E-state index contributed by atoms with van der Waals surface area (Å²) in [6, 6.07) is 7.80. The number of nitrogen functional groups attached to an aromatic ring is 1. The van der Waals surface area contributed by atoms with Crippen LogP contribution in [0, 0.1) is 12.7 Å². The van der Waals surface area contributed by atoms with Crippen molar-refractivity contribution in [1.82, 2.24) is 9.97 Å². The highest BCUT2D eigenvalue weighted by molar-refractivity contribution is 5.62. The molecular weight excluding hydrogens is 231 g/mol. The zero-order valence-electron chi connectivity index (χ0n) is 10.4. The highest BCUT2D eigenvalue weighted by Crippen LogP contribution is 2.24. The maximum absolute atomic E-state index is 13.6. The third-order valence-corrected chi connectivity index (χ3v) is 2.79. The van der Waals surface area contributed by atoms with Crippen LogP contribution in [0.2, 0.25) is 0 Å². The maximum atomic E-state index is 13.6. The van der Waals surface area contributed by atoms with Crippen LogP contribution < -0.4 is 11.3 Å². The van der Waals surface area contributed by atoms with E-state index in [2.05, 4.69) is 22.3 Å². The third kappa shape index (κ3) is 2.17. The highest BCUT2D eigenvalue weighted by Gasteiger charge is 2.13. The summed E-state index contributed by atoms with van der Waals surface area (Å²) in [7, 11) is 0. The molecule has 0 aliphatic carbocycles. The van der Waals surface area contributed by atoms with E-state index < -0.39 is 5.82 Å². The second-order valence-corrected chi connectivity index (χ2v) is 3.95. The number of halogens is 1. The Bertz CT molecular complexity index is 569. The summed E-state index contributed by atoms with van der Waals surface area (Å²) in [4.78, 5) is 8.29. The average Bonchev–Trinajstić information content (AvgIpc) is 2.41. The quantitative estimate of drug-likeness (QED) is 0.645. The van der Waals surface area contributed by atoms with Crippen LogP contribution in [-0.4, -0.2) is 9.97 Å². The lowest BCUT2D eigenvalue weighted by molar-refractivity contribution is 0.606. The molecule has 18 heavy (non-hydrogen) atoms. The molecule has 2 aromatic rings. The summed E-state index contributed by atoms with van der Waals surface area (Å²) in [6.45, 7) is 3.65. The SMILES string of the molecule is CCc1ccccc1-c1nc(C)c(F)c(NN)n1. The Labute approximate surface area is 105 Å². The molecule has 4 nitrogen and oxygen atoms in total. The van der Waals surface area contributed by atoms with Crippen LogP contribution in [0.4, 0.5) is 10.2 Å². The number of aromatic nitrogens is 2. The first-order valence-electron chi connectivity index (χ1n) is 5.76. The Morgan fingerprint density at radius 3 is 2.67 bits per heavy atom. The van der Waals surface area contributed by atoms with E-state index in [0.717, 1.165) is 17.5 Å². The van der Waals surface area contributed by atoms with Gasteiger partial charge in [0.2, 0.25) is 0 Å². The van der Waals surface area contributed by atoms with Crippen LogP contribution in [-0.2, 0) is 6.42 Å². The zero-order valence-corrected chi connectivity index (χ0v) is 10.4. The molecule has 0 amide bonds. The second-order valence-electron chi connectivity index (χ2n) is 3.95. The lowest BCUT2D eigenvalue weighted by Crippen LogP contribution is -2.13. The van der Waals surface area contributed by atoms with E-state index in [-0.39, 0.29) is 11.5 Å². The molecule has 0 aliphatic rings. The number of nitrogens with two attached hydrogens (primary N) is 1. The molecule has 0 saturated carbocycles. The summed E-state index contributed by atoms with van der Waals surface area (Å²) >= 11 is 0. The van der Waals surface area contributed by atoms with Gasteiger partial charge in [-0.2, -0.15) is 0 Å². The van der Waals surface area contributed by atoms with Crippen molar-refractivity contribution in [2.75, 3.05) is 5.43 Å². The predicted octanol–water partition coefficient (Wildman–Crippen LogP) is 2.44. The average molecular weight is 246 g/mol. The van der Waals surface area contributed by atoms with E-state index in [1.807, 2.05) is 24.3 Å². The smallest absolute Gasteiger partial charge is 0.187 e. The molecule has 1 aromatic carbocycles. The van der Waals surface area contributed by atoms with Crippen LogP contribution in [0.25, 0.3) is 11.4 Å². The van der Waals surface area contributed by atoms with Crippen molar-refractivity contribution >= 4 is 5.82 Å². The van der Waals surface area contributed by atoms with E-state index in [1.54, 1.807) is 6.92 Å². The molecule has 0 fully saturated rings. The summed E-state index contributed by atoms with van der Waals surface area (Å²) in [6.07, 6.45) is 0.862. The molecule has 2 rings (SSSR count). The first kappa shape index (κ1) is 12.4. The predicted molar refractivity (Wildman–Crippen MR) is 69.4 cm³/mol. The van der Waals surface area contributed by atoms with Crippen LogP contribution >= 0.6 is 0 Å². The number of aryl methyl sites for hydroxylation is 2. The fourth-order valence-electron chi connectivity index (χ4n) is 1.82. The lowest BCUT2D eigenvalue weighted by Gasteiger charge is -2.10. The number of benzene rings is 1. The van der Waals surface area contributed by atoms with Crippen molar-refractivity contribution in [3.63, 3.8) is 0 Å². The molecular formula is C13H15FN4. The molecule has 94 valence electrons. The minimum atomic E-state index is -0.518. The van der Waals surface area contributed by atoms with E-state index in [4.69, 9.17) is 5.84 Å². The summed E-state index contributed by atoms with van der Waals surface area (Å²) in [5.74, 6) is 5.24. The van der Waals surface area contributed by atoms with Crippen molar-refractivity contribution in [2.45, 2.75) is 20.3 Å². The van der Waals surface area contributed by atoms with Gasteiger partial charge in [0.1, 0.15) is 0 Å². The number of nitrogens with zero attached hydrogens (tertiary/aromatic N) is 2. The van der Waals surface area contributed by atoms with Gasteiger partial charge in [0.15, 0.2) is 17.5 Å². The van der Waals surface area contributed by atoms with Gasteiger partial charge in [-0.3, -0.25) is 0 Å². The van der Waals surface area contributed by atoms with Gasteiger partial charge in [-0.1, -0.05) is 31.2 Å². The van der Waals surface area contributed by atoms with Crippen molar-refractivity contribution in [3.8, 4) is 11.4 Å². The van der Waals surface area contributed by atoms with Gasteiger partial charge >= 0.3 is 0 Å². The molecule has 0 unspecified atom stereocenters. The van der Waals surface area contributed by atoms with Crippen molar-refractivity contribution in [2.24, 2.45) is 5.84 Å². The van der Waals surface area contributed by atoms with Crippen LogP contribution in [0.1, 0.15) is 18.2 Å². The normalized spacial score (nSPS) is 10.4. The molecule has 1 aromatic heterocycles. The lowest BCUT2D eigenvalue weighted by atomic mass is 10.0. The van der Waals surface area contributed by atoms with Gasteiger partial charge in [0.25, 0.3) is 0 Å². The fourth-order valence-corrected chi connectivity index (χ4v) is 1.82. The molecule has 0 bridgehead atoms. The minimum Gasteiger partial charge on any atom is -0.306 e.